The lowest BCUT2D eigenvalue weighted by Crippen LogP contribution is -2.06. The summed E-state index contributed by atoms with van der Waals surface area (Å²) in [5, 5.41) is 19.3. The largest absolute Gasteiger partial charge is 0.508 e. The molecule has 0 amide bonds. The predicted molar refractivity (Wildman–Crippen MR) is 71.1 cm³/mol. The van der Waals surface area contributed by atoms with E-state index >= 15 is 0 Å². The minimum Gasteiger partial charge on any atom is -0.508 e. The number of sulfone groups is 1. The van der Waals surface area contributed by atoms with Crippen molar-refractivity contribution in [3.05, 3.63) is 47.5 Å². The van der Waals surface area contributed by atoms with E-state index in [1.54, 1.807) is 26.0 Å². The topological polar surface area (TPSA) is 74.6 Å². The van der Waals surface area contributed by atoms with Gasteiger partial charge in [-0.05, 0) is 43.2 Å². The van der Waals surface area contributed by atoms with E-state index in [-0.39, 0.29) is 21.3 Å². The summed E-state index contributed by atoms with van der Waals surface area (Å²) in [5.41, 5.74) is 0.975. The number of aromatic hydroxyl groups is 2. The first-order valence-electron chi connectivity index (χ1n) is 5.67. The second-order valence-electron chi connectivity index (χ2n) is 4.38. The summed E-state index contributed by atoms with van der Waals surface area (Å²) >= 11 is 0. The van der Waals surface area contributed by atoms with E-state index in [1.165, 1.54) is 24.3 Å². The van der Waals surface area contributed by atoms with E-state index in [1.807, 2.05) is 0 Å². The Hall–Kier alpha value is -2.01. The SMILES string of the molecule is Cc1ccc(O)cc1S(=O)(=O)c1c(C)cccc1O. The van der Waals surface area contributed by atoms with Crippen LogP contribution in [0.2, 0.25) is 0 Å². The molecule has 19 heavy (non-hydrogen) atoms. The summed E-state index contributed by atoms with van der Waals surface area (Å²) in [5.74, 6) is -0.417. The molecule has 2 N–H and O–H groups in total. The molecule has 0 heterocycles. The van der Waals surface area contributed by atoms with Crippen molar-refractivity contribution in [2.45, 2.75) is 23.6 Å². The zero-order chi connectivity index (χ0) is 14.2. The number of aryl methyl sites for hydroxylation is 2. The first kappa shape index (κ1) is 13.4. The third-order valence-electron chi connectivity index (χ3n) is 2.92. The molecular formula is C14H14O4S. The Balaban J connectivity index is 2.77. The maximum atomic E-state index is 12.6. The van der Waals surface area contributed by atoms with Gasteiger partial charge in [-0.3, -0.25) is 0 Å². The minimum absolute atomic E-state index is 0.00269. The van der Waals surface area contributed by atoms with E-state index in [0.717, 1.165) is 0 Å². The van der Waals surface area contributed by atoms with Gasteiger partial charge in [0.1, 0.15) is 16.4 Å². The molecular weight excluding hydrogens is 264 g/mol. The van der Waals surface area contributed by atoms with Crippen LogP contribution in [0.5, 0.6) is 11.5 Å². The van der Waals surface area contributed by atoms with Crippen LogP contribution in [0.4, 0.5) is 0 Å². The first-order chi connectivity index (χ1) is 8.84. The maximum Gasteiger partial charge on any atom is 0.210 e. The van der Waals surface area contributed by atoms with Gasteiger partial charge in [0.2, 0.25) is 9.84 Å². The predicted octanol–water partition coefficient (Wildman–Crippen LogP) is 2.55. The lowest BCUT2D eigenvalue weighted by atomic mass is 10.2. The van der Waals surface area contributed by atoms with Crippen molar-refractivity contribution in [1.29, 1.82) is 0 Å². The van der Waals surface area contributed by atoms with Crippen LogP contribution in [0, 0.1) is 13.8 Å². The Kier molecular flexibility index (Phi) is 3.24. The Morgan fingerprint density at radius 1 is 0.947 bits per heavy atom. The Bertz CT molecular complexity index is 713. The van der Waals surface area contributed by atoms with Crippen LogP contribution in [0.15, 0.2) is 46.2 Å². The van der Waals surface area contributed by atoms with Crippen LogP contribution >= 0.6 is 0 Å². The molecule has 0 aromatic heterocycles. The third kappa shape index (κ3) is 2.29. The van der Waals surface area contributed by atoms with Gasteiger partial charge >= 0.3 is 0 Å². The van der Waals surface area contributed by atoms with Crippen molar-refractivity contribution in [3.63, 3.8) is 0 Å². The Morgan fingerprint density at radius 2 is 1.63 bits per heavy atom. The molecule has 0 saturated carbocycles. The van der Waals surface area contributed by atoms with Crippen LogP contribution in [0.1, 0.15) is 11.1 Å². The maximum absolute atomic E-state index is 12.6. The average molecular weight is 278 g/mol. The summed E-state index contributed by atoms with van der Waals surface area (Å²) in [6.07, 6.45) is 0. The van der Waals surface area contributed by atoms with Crippen LogP contribution in [0.3, 0.4) is 0 Å². The molecule has 0 saturated heterocycles. The quantitative estimate of drug-likeness (QED) is 0.885. The van der Waals surface area contributed by atoms with Crippen molar-refractivity contribution in [1.82, 2.24) is 0 Å². The fraction of sp³-hybridized carbons (Fsp3) is 0.143. The molecule has 0 unspecified atom stereocenters. The highest BCUT2D eigenvalue weighted by Gasteiger charge is 2.25. The molecule has 2 aromatic carbocycles. The fourth-order valence-electron chi connectivity index (χ4n) is 1.97. The van der Waals surface area contributed by atoms with Crippen molar-refractivity contribution in [2.75, 3.05) is 0 Å². The highest BCUT2D eigenvalue weighted by molar-refractivity contribution is 7.91. The van der Waals surface area contributed by atoms with E-state index in [4.69, 9.17) is 0 Å². The smallest absolute Gasteiger partial charge is 0.210 e. The van der Waals surface area contributed by atoms with Crippen molar-refractivity contribution >= 4 is 9.84 Å². The standard InChI is InChI=1S/C14H14O4S/c1-9-6-7-11(15)8-13(9)19(17,18)14-10(2)4-3-5-12(14)16/h3-8,15-16H,1-2H3. The summed E-state index contributed by atoms with van der Waals surface area (Å²) in [6.45, 7) is 3.26. The van der Waals surface area contributed by atoms with Gasteiger partial charge < -0.3 is 10.2 Å². The first-order valence-corrected chi connectivity index (χ1v) is 7.15. The highest BCUT2D eigenvalue weighted by atomic mass is 32.2. The molecule has 0 spiro atoms. The summed E-state index contributed by atoms with van der Waals surface area (Å²) in [6, 6.07) is 8.67. The van der Waals surface area contributed by atoms with E-state index in [9.17, 15) is 18.6 Å². The van der Waals surface area contributed by atoms with Gasteiger partial charge in [-0.25, -0.2) is 8.42 Å². The monoisotopic (exact) mass is 278 g/mol. The second-order valence-corrected chi connectivity index (χ2v) is 6.23. The van der Waals surface area contributed by atoms with E-state index in [2.05, 4.69) is 0 Å². The molecule has 0 radical (unpaired) electrons. The molecule has 5 heteroatoms. The number of phenolic OH excluding ortho intramolecular Hbond substituents is 2. The molecule has 0 bridgehead atoms. The summed E-state index contributed by atoms with van der Waals surface area (Å²) in [4.78, 5) is -0.124. The molecule has 0 aliphatic rings. The lowest BCUT2D eigenvalue weighted by molar-refractivity contribution is 0.457. The normalized spacial score (nSPS) is 11.5. The summed E-state index contributed by atoms with van der Waals surface area (Å²) in [7, 11) is -3.86. The number of hydrogen-bond donors (Lipinski definition) is 2. The van der Waals surface area contributed by atoms with Gasteiger partial charge in [0.15, 0.2) is 0 Å². The average Bonchev–Trinajstić information content (AvgIpc) is 2.31. The molecule has 0 aliphatic carbocycles. The fourth-order valence-corrected chi connectivity index (χ4v) is 3.80. The van der Waals surface area contributed by atoms with Crippen LogP contribution in [-0.4, -0.2) is 18.6 Å². The molecule has 0 fully saturated rings. The minimum atomic E-state index is -3.86. The van der Waals surface area contributed by atoms with Gasteiger partial charge in [0, 0.05) is 0 Å². The summed E-state index contributed by atoms with van der Waals surface area (Å²) < 4.78 is 25.2. The molecule has 0 aliphatic heterocycles. The number of rotatable bonds is 2. The van der Waals surface area contributed by atoms with Crippen molar-refractivity contribution in [2.24, 2.45) is 0 Å². The van der Waals surface area contributed by atoms with Gasteiger partial charge in [-0.2, -0.15) is 0 Å². The van der Waals surface area contributed by atoms with Gasteiger partial charge in [-0.15, -0.1) is 0 Å². The Labute approximate surface area is 111 Å². The lowest BCUT2D eigenvalue weighted by Gasteiger charge is -2.12. The number of benzene rings is 2. The molecule has 2 rings (SSSR count). The molecule has 0 atom stereocenters. The van der Waals surface area contributed by atoms with Crippen molar-refractivity contribution in [3.8, 4) is 11.5 Å². The van der Waals surface area contributed by atoms with Gasteiger partial charge in [0.25, 0.3) is 0 Å². The second kappa shape index (κ2) is 4.59. The zero-order valence-corrected chi connectivity index (χ0v) is 11.4. The van der Waals surface area contributed by atoms with Gasteiger partial charge in [0.05, 0.1) is 4.90 Å². The highest BCUT2D eigenvalue weighted by Crippen LogP contribution is 2.33. The number of hydrogen-bond acceptors (Lipinski definition) is 4. The Morgan fingerprint density at radius 3 is 2.26 bits per heavy atom. The van der Waals surface area contributed by atoms with E-state index in [0.29, 0.717) is 11.1 Å². The third-order valence-corrected chi connectivity index (χ3v) is 5.01. The molecule has 2 aromatic rings. The molecule has 4 nitrogen and oxygen atoms in total. The number of phenols is 2. The molecule has 100 valence electrons. The van der Waals surface area contributed by atoms with Crippen LogP contribution in [0.25, 0.3) is 0 Å². The van der Waals surface area contributed by atoms with Crippen molar-refractivity contribution < 1.29 is 18.6 Å². The van der Waals surface area contributed by atoms with Crippen LogP contribution < -0.4 is 0 Å². The van der Waals surface area contributed by atoms with E-state index < -0.39 is 9.84 Å². The van der Waals surface area contributed by atoms with Crippen LogP contribution in [-0.2, 0) is 9.84 Å². The van der Waals surface area contributed by atoms with Gasteiger partial charge in [-0.1, -0.05) is 18.2 Å². The zero-order valence-electron chi connectivity index (χ0n) is 10.6.